The molecular formula is C48H26N4O+2. The zero-order valence-corrected chi connectivity index (χ0v) is 28.2. The van der Waals surface area contributed by atoms with Gasteiger partial charge in [0.2, 0.25) is 0 Å². The SMILES string of the molecule is c1ccc2c(c1)-c1ccccc1C21c2ccc[n+]3c2-n2c4c1cccc4c1ccc4c(c12)C31c2c(cccc2-n2c3ccccc3c3ccc[n+]1c32)O4. The van der Waals surface area contributed by atoms with Gasteiger partial charge in [-0.25, -0.2) is 0 Å². The Morgan fingerprint density at radius 3 is 2.00 bits per heavy atom. The van der Waals surface area contributed by atoms with Gasteiger partial charge < -0.3 is 4.74 Å². The lowest BCUT2D eigenvalue weighted by Gasteiger charge is -2.43. The van der Waals surface area contributed by atoms with Crippen molar-refractivity contribution >= 4 is 43.7 Å². The lowest BCUT2D eigenvalue weighted by atomic mass is 9.65. The summed E-state index contributed by atoms with van der Waals surface area (Å²) in [6.07, 6.45) is 4.64. The summed E-state index contributed by atoms with van der Waals surface area (Å²) in [5, 5.41) is 5.01. The number of aromatic nitrogens is 4. The third-order valence-electron chi connectivity index (χ3n) is 13.3. The van der Waals surface area contributed by atoms with E-state index in [1.54, 1.807) is 0 Å². The fraction of sp³-hybridized carbons (Fsp3) is 0.0417. The van der Waals surface area contributed by atoms with E-state index in [9.17, 15) is 0 Å². The molecule has 5 nitrogen and oxygen atoms in total. The van der Waals surface area contributed by atoms with Crippen LogP contribution in [0.3, 0.4) is 0 Å². The first-order valence-electron chi connectivity index (χ1n) is 18.5. The van der Waals surface area contributed by atoms with E-state index in [4.69, 9.17) is 4.74 Å². The number of fused-ring (bicyclic) bond motifs is 12. The van der Waals surface area contributed by atoms with E-state index in [1.807, 2.05) is 0 Å². The van der Waals surface area contributed by atoms with Crippen LogP contribution in [0.15, 0.2) is 158 Å². The Kier molecular flexibility index (Phi) is 3.94. The fourth-order valence-corrected chi connectivity index (χ4v) is 11.8. The summed E-state index contributed by atoms with van der Waals surface area (Å²) in [6.45, 7) is 0. The molecule has 1 unspecified atom stereocenters. The molecule has 10 aromatic rings. The van der Waals surface area contributed by atoms with Crippen LogP contribution in [0.25, 0.3) is 66.4 Å². The van der Waals surface area contributed by atoms with Gasteiger partial charge in [0.15, 0.2) is 5.52 Å². The van der Waals surface area contributed by atoms with E-state index in [2.05, 4.69) is 176 Å². The molecule has 0 saturated carbocycles. The molecular weight excluding hydrogens is 649 g/mol. The van der Waals surface area contributed by atoms with Crippen molar-refractivity contribution in [1.29, 1.82) is 0 Å². The van der Waals surface area contributed by atoms with Crippen LogP contribution in [-0.2, 0) is 11.1 Å². The zero-order valence-electron chi connectivity index (χ0n) is 28.2. The topological polar surface area (TPSA) is 26.8 Å². The van der Waals surface area contributed by atoms with E-state index < -0.39 is 11.1 Å². The van der Waals surface area contributed by atoms with Crippen LogP contribution in [0, 0.1) is 0 Å². The van der Waals surface area contributed by atoms with Crippen molar-refractivity contribution in [1.82, 2.24) is 9.13 Å². The standard InChI is InChI=1S/C48H26N4O/c1-4-16-33-27(11-1)28-12-2-5-17-34(28)47(33)35-18-7-14-30-31-23-24-40-42-44(31)52(43(30)35)46-36(47)19-10-26-50(46)48(42)41-38(21-8-22-39(41)53-40)51-37-20-6-3-13-29(37)32-15-9-25-49(48)45(32)51/h1-26H/q+2. The maximum Gasteiger partial charge on any atom is 0.321 e. The molecule has 53 heavy (non-hydrogen) atoms. The molecule has 6 aromatic carbocycles. The molecule has 4 aromatic heterocycles. The smallest absolute Gasteiger partial charge is 0.321 e. The Labute approximate surface area is 302 Å². The Bertz CT molecular complexity index is 3410. The quantitative estimate of drug-likeness (QED) is 0.148. The van der Waals surface area contributed by atoms with Gasteiger partial charge in [0.05, 0.1) is 28.8 Å². The largest absolute Gasteiger partial charge is 0.456 e. The predicted molar refractivity (Wildman–Crippen MR) is 204 cm³/mol. The molecule has 0 amide bonds. The normalized spacial score (nSPS) is 17.8. The highest BCUT2D eigenvalue weighted by Crippen LogP contribution is 2.63. The first-order chi connectivity index (χ1) is 26.3. The highest BCUT2D eigenvalue weighted by molar-refractivity contribution is 6.15. The maximum atomic E-state index is 7.07. The van der Waals surface area contributed by atoms with Gasteiger partial charge in [-0.15, -0.1) is 0 Å². The molecule has 242 valence electrons. The average molecular weight is 675 g/mol. The number of hydrogen-bond acceptors (Lipinski definition) is 1. The highest BCUT2D eigenvalue weighted by atomic mass is 16.5. The van der Waals surface area contributed by atoms with Gasteiger partial charge >= 0.3 is 5.66 Å². The molecule has 1 aliphatic carbocycles. The first-order valence-corrected chi connectivity index (χ1v) is 18.5. The molecule has 15 rings (SSSR count). The van der Waals surface area contributed by atoms with E-state index in [0.717, 1.165) is 22.7 Å². The van der Waals surface area contributed by atoms with Crippen molar-refractivity contribution in [2.75, 3.05) is 0 Å². The molecule has 8 heterocycles. The Balaban J connectivity index is 1.26. The summed E-state index contributed by atoms with van der Waals surface area (Å²) < 4.78 is 17.3. The van der Waals surface area contributed by atoms with Crippen molar-refractivity contribution in [3.8, 4) is 34.1 Å². The van der Waals surface area contributed by atoms with Gasteiger partial charge in [0, 0.05) is 21.7 Å². The summed E-state index contributed by atoms with van der Waals surface area (Å²) >= 11 is 0. The first kappa shape index (κ1) is 25.9. The van der Waals surface area contributed by atoms with Crippen molar-refractivity contribution in [2.45, 2.75) is 11.1 Å². The molecule has 5 heteroatoms. The highest BCUT2D eigenvalue weighted by Gasteiger charge is 2.66. The third-order valence-corrected chi connectivity index (χ3v) is 13.3. The van der Waals surface area contributed by atoms with Gasteiger partial charge in [-0.3, -0.25) is 0 Å². The second kappa shape index (κ2) is 8.06. The van der Waals surface area contributed by atoms with Crippen LogP contribution in [0.1, 0.15) is 33.4 Å². The van der Waals surface area contributed by atoms with Crippen LogP contribution < -0.4 is 13.9 Å². The van der Waals surface area contributed by atoms with Gasteiger partial charge in [-0.2, -0.15) is 18.3 Å². The monoisotopic (exact) mass is 674 g/mol. The number of pyridine rings is 2. The second-order valence-corrected chi connectivity index (χ2v) is 15.2. The zero-order chi connectivity index (χ0) is 33.9. The molecule has 1 atom stereocenters. The van der Waals surface area contributed by atoms with Crippen LogP contribution in [0.4, 0.5) is 0 Å². The minimum atomic E-state index is -0.783. The van der Waals surface area contributed by atoms with Gasteiger partial charge in [-0.1, -0.05) is 78.9 Å². The Morgan fingerprint density at radius 1 is 0.453 bits per heavy atom. The minimum Gasteiger partial charge on any atom is -0.456 e. The molecule has 0 N–H and O–H groups in total. The molecule has 2 spiro atoms. The van der Waals surface area contributed by atoms with Crippen LogP contribution in [0.2, 0.25) is 0 Å². The lowest BCUT2D eigenvalue weighted by Crippen LogP contribution is -2.79. The number of para-hydroxylation sites is 2. The summed E-state index contributed by atoms with van der Waals surface area (Å²) in [4.78, 5) is 0. The predicted octanol–water partition coefficient (Wildman–Crippen LogP) is 9.16. The number of nitrogens with zero attached hydrogens (tertiary/aromatic N) is 4. The summed E-state index contributed by atoms with van der Waals surface area (Å²) in [5.74, 6) is 3.00. The van der Waals surface area contributed by atoms with Gasteiger partial charge in [-0.05, 0) is 89.0 Å². The van der Waals surface area contributed by atoms with Crippen molar-refractivity contribution in [2.24, 2.45) is 0 Å². The van der Waals surface area contributed by atoms with Crippen molar-refractivity contribution < 1.29 is 13.9 Å². The molecule has 5 aliphatic rings. The molecule has 0 saturated heterocycles. The van der Waals surface area contributed by atoms with Gasteiger partial charge in [0.25, 0.3) is 11.5 Å². The maximum absolute atomic E-state index is 7.07. The average Bonchev–Trinajstić information content (AvgIpc) is 3.84. The molecule has 0 fully saturated rings. The Morgan fingerprint density at radius 2 is 1.11 bits per heavy atom. The number of ether oxygens (including phenoxy) is 1. The van der Waals surface area contributed by atoms with Crippen LogP contribution >= 0.6 is 0 Å². The lowest BCUT2D eigenvalue weighted by molar-refractivity contribution is -0.961. The molecule has 0 bridgehead atoms. The summed E-state index contributed by atoms with van der Waals surface area (Å²) in [7, 11) is 0. The van der Waals surface area contributed by atoms with E-state index in [1.165, 1.54) is 88.5 Å². The minimum absolute atomic E-state index is 0.514. The summed E-state index contributed by atoms with van der Waals surface area (Å²) in [6, 6.07) is 54.4. The van der Waals surface area contributed by atoms with E-state index in [0.29, 0.717) is 0 Å². The second-order valence-electron chi connectivity index (χ2n) is 15.2. The third kappa shape index (κ3) is 2.38. The van der Waals surface area contributed by atoms with Crippen molar-refractivity contribution in [3.05, 3.63) is 191 Å². The van der Waals surface area contributed by atoms with Gasteiger partial charge in [0.1, 0.15) is 39.3 Å². The van der Waals surface area contributed by atoms with E-state index in [-0.39, 0.29) is 0 Å². The van der Waals surface area contributed by atoms with E-state index >= 15 is 0 Å². The van der Waals surface area contributed by atoms with Crippen LogP contribution in [-0.4, -0.2) is 9.13 Å². The molecule has 0 radical (unpaired) electrons. The Hall–Kier alpha value is -6.98. The summed E-state index contributed by atoms with van der Waals surface area (Å²) in [5.41, 5.74) is 15.0. The fourth-order valence-electron chi connectivity index (χ4n) is 11.8. The number of rotatable bonds is 0. The number of hydrogen-bond donors (Lipinski definition) is 0. The molecule has 4 aliphatic heterocycles. The number of benzene rings is 6. The van der Waals surface area contributed by atoms with Crippen molar-refractivity contribution in [3.63, 3.8) is 0 Å². The van der Waals surface area contributed by atoms with Crippen LogP contribution in [0.5, 0.6) is 11.5 Å².